The van der Waals surface area contributed by atoms with Gasteiger partial charge in [0.05, 0.1) is 32.3 Å². The molecule has 24 heavy (non-hydrogen) atoms. The second-order valence-corrected chi connectivity index (χ2v) is 6.24. The molecule has 0 amide bonds. The molecule has 0 aliphatic carbocycles. The summed E-state index contributed by atoms with van der Waals surface area (Å²) >= 11 is 0. The fourth-order valence-corrected chi connectivity index (χ4v) is 2.28. The highest BCUT2D eigenvalue weighted by atomic mass is 16.6. The third-order valence-corrected chi connectivity index (χ3v) is 3.58. The molecule has 2 N–H and O–H groups in total. The molecule has 0 heterocycles. The molecule has 1 aromatic carbocycles. The summed E-state index contributed by atoms with van der Waals surface area (Å²) in [7, 11) is 0. The summed E-state index contributed by atoms with van der Waals surface area (Å²) in [5.41, 5.74) is 7.57. The molecule has 0 saturated heterocycles. The summed E-state index contributed by atoms with van der Waals surface area (Å²) in [4.78, 5) is 12.1. The van der Waals surface area contributed by atoms with Crippen LogP contribution in [0.2, 0.25) is 0 Å². The third kappa shape index (κ3) is 8.43. The minimum absolute atomic E-state index is 0.227. The molecule has 0 spiro atoms. The number of esters is 1. The van der Waals surface area contributed by atoms with Gasteiger partial charge in [0.15, 0.2) is 0 Å². The Morgan fingerprint density at radius 2 is 1.54 bits per heavy atom. The number of rotatable bonds is 12. The maximum atomic E-state index is 12.1. The highest BCUT2D eigenvalue weighted by molar-refractivity contribution is 5.77. The van der Waals surface area contributed by atoms with E-state index in [9.17, 15) is 4.79 Å². The number of benzene rings is 1. The molecule has 1 aromatic rings. The number of hydrogen-bond acceptors (Lipinski definition) is 5. The van der Waals surface area contributed by atoms with Crippen LogP contribution in [0.3, 0.4) is 0 Å². The Bertz CT molecular complexity index is 459. The summed E-state index contributed by atoms with van der Waals surface area (Å²) in [6, 6.07) is 8.19. The first-order valence-electron chi connectivity index (χ1n) is 8.65. The quantitative estimate of drug-likeness (QED) is 0.469. The van der Waals surface area contributed by atoms with Crippen LogP contribution in [0.1, 0.15) is 37.8 Å². The lowest BCUT2D eigenvalue weighted by atomic mass is 9.97. The molecule has 136 valence electrons. The minimum Gasteiger partial charge on any atom is -0.463 e. The minimum atomic E-state index is -0.272. The van der Waals surface area contributed by atoms with Gasteiger partial charge in [-0.3, -0.25) is 4.79 Å². The number of hydrogen-bond donors (Lipinski definition) is 1. The van der Waals surface area contributed by atoms with Crippen molar-refractivity contribution >= 4 is 5.97 Å². The van der Waals surface area contributed by atoms with Gasteiger partial charge >= 0.3 is 5.97 Å². The summed E-state index contributed by atoms with van der Waals surface area (Å²) < 4.78 is 15.8. The van der Waals surface area contributed by atoms with Gasteiger partial charge < -0.3 is 19.9 Å². The van der Waals surface area contributed by atoms with Crippen LogP contribution in [-0.4, -0.2) is 45.5 Å². The van der Waals surface area contributed by atoms with E-state index >= 15 is 0 Å². The van der Waals surface area contributed by atoms with E-state index in [1.54, 1.807) is 0 Å². The average molecular weight is 337 g/mol. The van der Waals surface area contributed by atoms with Crippen molar-refractivity contribution in [3.63, 3.8) is 0 Å². The molecule has 1 rings (SSSR count). The molecule has 0 saturated carbocycles. The average Bonchev–Trinajstić information content (AvgIpc) is 2.56. The monoisotopic (exact) mass is 337 g/mol. The van der Waals surface area contributed by atoms with Crippen LogP contribution in [0.4, 0.5) is 0 Å². The van der Waals surface area contributed by atoms with Gasteiger partial charge in [-0.25, -0.2) is 0 Å². The van der Waals surface area contributed by atoms with Gasteiger partial charge in [0, 0.05) is 6.54 Å². The zero-order chi connectivity index (χ0) is 17.8. The van der Waals surface area contributed by atoms with E-state index in [1.165, 1.54) is 5.56 Å². The Kier molecular flexibility index (Phi) is 10.3. The largest absolute Gasteiger partial charge is 0.463 e. The molecule has 1 unspecified atom stereocenters. The zero-order valence-corrected chi connectivity index (χ0v) is 15.1. The van der Waals surface area contributed by atoms with Gasteiger partial charge in [-0.2, -0.15) is 0 Å². The van der Waals surface area contributed by atoms with E-state index < -0.39 is 0 Å². The zero-order valence-electron chi connectivity index (χ0n) is 15.1. The number of nitrogens with two attached hydrogens (primary N) is 1. The molecular weight excluding hydrogens is 306 g/mol. The Hall–Kier alpha value is -1.43. The lowest BCUT2D eigenvalue weighted by Crippen LogP contribution is -2.17. The molecule has 5 nitrogen and oxygen atoms in total. The lowest BCUT2D eigenvalue weighted by molar-refractivity contribution is -0.146. The maximum Gasteiger partial charge on any atom is 0.313 e. The van der Waals surface area contributed by atoms with Crippen LogP contribution in [0.25, 0.3) is 0 Å². The van der Waals surface area contributed by atoms with Crippen molar-refractivity contribution in [1.82, 2.24) is 0 Å². The van der Waals surface area contributed by atoms with E-state index in [2.05, 4.69) is 26.0 Å². The molecule has 5 heteroatoms. The summed E-state index contributed by atoms with van der Waals surface area (Å²) in [5.74, 6) is 0.125. The highest BCUT2D eigenvalue weighted by Crippen LogP contribution is 2.18. The van der Waals surface area contributed by atoms with Crippen molar-refractivity contribution in [3.8, 4) is 0 Å². The van der Waals surface area contributed by atoms with Gasteiger partial charge in [-0.05, 0) is 30.4 Å². The molecular formula is C19H31NO4. The highest BCUT2D eigenvalue weighted by Gasteiger charge is 2.16. The van der Waals surface area contributed by atoms with Crippen LogP contribution in [0.15, 0.2) is 24.3 Å². The summed E-state index contributed by atoms with van der Waals surface area (Å²) in [6.45, 7) is 8.90. The number of ether oxygens (including phenoxy) is 3. The van der Waals surface area contributed by atoms with E-state index in [0.29, 0.717) is 38.9 Å². The fraction of sp³-hybridized carbons (Fsp3) is 0.632. The van der Waals surface area contributed by atoms with E-state index in [-0.39, 0.29) is 18.5 Å². The van der Waals surface area contributed by atoms with Crippen LogP contribution in [-0.2, 0) is 25.4 Å². The van der Waals surface area contributed by atoms with Crippen molar-refractivity contribution < 1.29 is 19.0 Å². The Morgan fingerprint density at radius 3 is 2.12 bits per heavy atom. The van der Waals surface area contributed by atoms with Crippen LogP contribution in [0.5, 0.6) is 0 Å². The Morgan fingerprint density at radius 1 is 0.958 bits per heavy atom. The van der Waals surface area contributed by atoms with Crippen molar-refractivity contribution in [2.24, 2.45) is 11.7 Å². The Labute approximate surface area is 145 Å². The molecule has 0 aliphatic heterocycles. The first kappa shape index (κ1) is 20.6. The van der Waals surface area contributed by atoms with Crippen LogP contribution in [0, 0.1) is 5.92 Å². The first-order chi connectivity index (χ1) is 11.5. The molecule has 0 radical (unpaired) electrons. The summed E-state index contributed by atoms with van der Waals surface area (Å²) in [6.07, 6.45) is 1.05. The summed E-state index contributed by atoms with van der Waals surface area (Å²) in [5, 5.41) is 0. The number of carbonyl (C=O) groups excluding carboxylic acids is 1. The van der Waals surface area contributed by atoms with Crippen molar-refractivity contribution in [1.29, 1.82) is 0 Å². The van der Waals surface area contributed by atoms with Gasteiger partial charge in [0.2, 0.25) is 0 Å². The van der Waals surface area contributed by atoms with Crippen molar-refractivity contribution in [2.45, 2.75) is 33.1 Å². The SMILES string of the molecule is CC(C)Cc1ccc(C(C)C(=O)OCCOCCOCCN)cc1. The van der Waals surface area contributed by atoms with Crippen molar-refractivity contribution in [2.75, 3.05) is 39.6 Å². The van der Waals surface area contributed by atoms with E-state index in [0.717, 1.165) is 12.0 Å². The molecule has 0 bridgehead atoms. The fourth-order valence-electron chi connectivity index (χ4n) is 2.28. The molecule has 1 atom stereocenters. The van der Waals surface area contributed by atoms with Crippen LogP contribution >= 0.6 is 0 Å². The lowest BCUT2D eigenvalue weighted by Gasteiger charge is -2.13. The second kappa shape index (κ2) is 12.0. The third-order valence-electron chi connectivity index (χ3n) is 3.58. The maximum absolute atomic E-state index is 12.1. The van der Waals surface area contributed by atoms with E-state index in [4.69, 9.17) is 19.9 Å². The van der Waals surface area contributed by atoms with Crippen molar-refractivity contribution in [3.05, 3.63) is 35.4 Å². The molecule has 0 aliphatic rings. The molecule has 0 fully saturated rings. The first-order valence-corrected chi connectivity index (χ1v) is 8.65. The predicted molar refractivity (Wildman–Crippen MR) is 95.1 cm³/mol. The van der Waals surface area contributed by atoms with Gasteiger partial charge in [0.25, 0.3) is 0 Å². The molecule has 0 aromatic heterocycles. The van der Waals surface area contributed by atoms with Crippen LogP contribution < -0.4 is 5.73 Å². The topological polar surface area (TPSA) is 70.8 Å². The standard InChI is InChI=1S/C19H31NO4/c1-15(2)14-17-4-6-18(7-5-17)16(3)19(21)24-13-12-23-11-10-22-9-8-20/h4-7,15-16H,8-14,20H2,1-3H3. The van der Waals surface area contributed by atoms with E-state index in [1.807, 2.05) is 19.1 Å². The second-order valence-electron chi connectivity index (χ2n) is 6.24. The van der Waals surface area contributed by atoms with Gasteiger partial charge in [-0.1, -0.05) is 38.1 Å². The number of carbonyl (C=O) groups is 1. The van der Waals surface area contributed by atoms with Gasteiger partial charge in [-0.15, -0.1) is 0 Å². The Balaban J connectivity index is 2.24. The normalized spacial score (nSPS) is 12.4. The predicted octanol–water partition coefficient (Wildman–Crippen LogP) is 2.52. The smallest absolute Gasteiger partial charge is 0.313 e. The van der Waals surface area contributed by atoms with Gasteiger partial charge in [0.1, 0.15) is 6.61 Å².